The molecule has 0 bridgehead atoms. The van der Waals surface area contributed by atoms with Crippen LogP contribution in [0.1, 0.15) is 16.1 Å². The van der Waals surface area contributed by atoms with Gasteiger partial charge in [0.2, 0.25) is 5.89 Å². The molecule has 39 heavy (non-hydrogen) atoms. The molecule has 2 aromatic carbocycles. The number of rotatable bonds is 5. The Kier molecular flexibility index (Phi) is 7.70. The number of halogens is 4. The molecule has 0 aliphatic rings. The molecule has 0 saturated carbocycles. The summed E-state index contributed by atoms with van der Waals surface area (Å²) in [5, 5.41) is 11.9. The van der Waals surface area contributed by atoms with Crippen molar-refractivity contribution in [2.45, 2.75) is 12.7 Å². The van der Waals surface area contributed by atoms with Crippen molar-refractivity contribution in [3.8, 4) is 22.8 Å². The number of hydrogen-bond acceptors (Lipinski definition) is 7. The molecule has 5 aromatic rings. The number of hydrogen-bond donors (Lipinski definition) is 1. The second-order valence-corrected chi connectivity index (χ2v) is 8.07. The molecular weight excluding hydrogens is 524 g/mol. The molecule has 1 amide bonds. The summed E-state index contributed by atoms with van der Waals surface area (Å²) in [5.41, 5.74) is 3.36. The lowest BCUT2D eigenvalue weighted by Gasteiger charge is -2.16. The van der Waals surface area contributed by atoms with E-state index in [-0.39, 0.29) is 11.7 Å². The summed E-state index contributed by atoms with van der Waals surface area (Å²) in [5.74, 6) is -2.92. The number of aromatic nitrogens is 3. The van der Waals surface area contributed by atoms with Crippen LogP contribution in [0.5, 0.6) is 0 Å². The highest BCUT2D eigenvalue weighted by atomic mass is 19.4. The molecule has 3 heterocycles. The van der Waals surface area contributed by atoms with E-state index in [0.29, 0.717) is 45.9 Å². The number of aliphatic carboxylic acids is 1. The number of pyridine rings is 1. The van der Waals surface area contributed by atoms with Crippen molar-refractivity contribution in [2.75, 3.05) is 7.05 Å². The van der Waals surface area contributed by atoms with Crippen molar-refractivity contribution in [1.82, 2.24) is 20.0 Å². The highest BCUT2D eigenvalue weighted by molar-refractivity contribution is 6.00. The number of amides is 1. The molecule has 0 fully saturated rings. The lowest BCUT2D eigenvalue weighted by Crippen LogP contribution is -2.26. The van der Waals surface area contributed by atoms with Crippen LogP contribution >= 0.6 is 0 Å². The van der Waals surface area contributed by atoms with Crippen molar-refractivity contribution in [2.24, 2.45) is 0 Å². The lowest BCUT2D eigenvalue weighted by atomic mass is 10.1. The van der Waals surface area contributed by atoms with Gasteiger partial charge in [0.1, 0.15) is 23.5 Å². The summed E-state index contributed by atoms with van der Waals surface area (Å²) in [7, 11) is 1.72. The Morgan fingerprint density at radius 3 is 2.41 bits per heavy atom. The van der Waals surface area contributed by atoms with E-state index in [9.17, 15) is 22.4 Å². The van der Waals surface area contributed by atoms with Crippen LogP contribution in [0.3, 0.4) is 0 Å². The third kappa shape index (κ3) is 6.44. The number of carbonyl (C=O) groups is 2. The highest BCUT2D eigenvalue weighted by Gasteiger charge is 2.38. The Balaban J connectivity index is 0.000000448. The van der Waals surface area contributed by atoms with Gasteiger partial charge in [-0.2, -0.15) is 13.2 Å². The number of oxazole rings is 1. The molecule has 5 rings (SSSR count). The van der Waals surface area contributed by atoms with Crippen LogP contribution in [-0.4, -0.2) is 50.2 Å². The maximum atomic E-state index is 13.2. The Morgan fingerprint density at radius 2 is 1.77 bits per heavy atom. The topological polar surface area (TPSA) is 123 Å². The van der Waals surface area contributed by atoms with Crippen molar-refractivity contribution < 1.29 is 41.2 Å². The maximum Gasteiger partial charge on any atom is 0.490 e. The first kappa shape index (κ1) is 27.0. The van der Waals surface area contributed by atoms with Gasteiger partial charge in [-0.3, -0.25) is 9.78 Å². The second kappa shape index (κ2) is 11.1. The first-order valence-electron chi connectivity index (χ1n) is 11.1. The molecule has 0 unspecified atom stereocenters. The standard InChI is InChI=1S/C24H17FN4O3.C2HF3O2/c1-29(13-18-4-2-3-11-26-18)24(30)16-7-10-21-19(12-16)22(28-32-21)20-14-31-23(27-20)15-5-8-17(25)9-6-15;3-2(4,5)1(6)7/h2-12,14H,13H2,1H3;(H,6,7). The molecule has 0 aliphatic carbocycles. The lowest BCUT2D eigenvalue weighted by molar-refractivity contribution is -0.192. The monoisotopic (exact) mass is 542 g/mol. The molecule has 3 aromatic heterocycles. The number of carboxylic acids is 1. The summed E-state index contributed by atoms with van der Waals surface area (Å²) in [6.07, 6.45) is -1.93. The van der Waals surface area contributed by atoms with Gasteiger partial charge in [0.25, 0.3) is 5.91 Å². The van der Waals surface area contributed by atoms with Crippen LogP contribution in [0.2, 0.25) is 0 Å². The number of benzene rings is 2. The first-order chi connectivity index (χ1) is 18.5. The maximum absolute atomic E-state index is 13.2. The normalized spacial score (nSPS) is 11.1. The van der Waals surface area contributed by atoms with E-state index < -0.39 is 12.1 Å². The Hall–Kier alpha value is -5.07. The van der Waals surface area contributed by atoms with Crippen molar-refractivity contribution in [3.05, 3.63) is 90.2 Å². The minimum Gasteiger partial charge on any atom is -0.475 e. The number of nitrogens with zero attached hydrogens (tertiary/aromatic N) is 4. The van der Waals surface area contributed by atoms with Crippen LogP contribution < -0.4 is 0 Å². The fraction of sp³-hybridized carbons (Fsp3) is 0.115. The van der Waals surface area contributed by atoms with E-state index in [1.807, 2.05) is 18.2 Å². The minimum atomic E-state index is -5.08. The molecule has 0 saturated heterocycles. The minimum absolute atomic E-state index is 0.156. The highest BCUT2D eigenvalue weighted by Crippen LogP contribution is 2.30. The summed E-state index contributed by atoms with van der Waals surface area (Å²) in [4.78, 5) is 32.2. The van der Waals surface area contributed by atoms with Crippen molar-refractivity contribution in [1.29, 1.82) is 0 Å². The predicted octanol–water partition coefficient (Wildman–Crippen LogP) is 5.59. The number of fused-ring (bicyclic) bond motifs is 1. The van der Waals surface area contributed by atoms with E-state index in [1.54, 1.807) is 48.5 Å². The van der Waals surface area contributed by atoms with Gasteiger partial charge >= 0.3 is 12.1 Å². The summed E-state index contributed by atoms with van der Waals surface area (Å²) < 4.78 is 55.9. The fourth-order valence-electron chi connectivity index (χ4n) is 3.39. The van der Waals surface area contributed by atoms with Gasteiger partial charge in [0.05, 0.1) is 17.6 Å². The van der Waals surface area contributed by atoms with Gasteiger partial charge in [0.15, 0.2) is 5.58 Å². The smallest absolute Gasteiger partial charge is 0.475 e. The molecule has 9 nitrogen and oxygen atoms in total. The Labute approximate surface area is 217 Å². The summed E-state index contributed by atoms with van der Waals surface area (Å²) in [6, 6.07) is 16.6. The van der Waals surface area contributed by atoms with Gasteiger partial charge < -0.3 is 18.9 Å². The van der Waals surface area contributed by atoms with Gasteiger partial charge in [-0.1, -0.05) is 11.2 Å². The first-order valence-corrected chi connectivity index (χ1v) is 11.1. The van der Waals surface area contributed by atoms with E-state index in [1.165, 1.54) is 18.4 Å². The molecule has 1 N–H and O–H groups in total. The Bertz CT molecular complexity index is 1600. The molecular formula is C26H18F4N4O5. The zero-order valence-corrected chi connectivity index (χ0v) is 20.0. The van der Waals surface area contributed by atoms with Gasteiger partial charge in [-0.05, 0) is 54.6 Å². The molecule has 0 spiro atoms. The van der Waals surface area contributed by atoms with Crippen LogP contribution in [0.15, 0.2) is 82.1 Å². The number of carbonyl (C=O) groups excluding carboxylic acids is 1. The summed E-state index contributed by atoms with van der Waals surface area (Å²) in [6.45, 7) is 0.387. The SMILES string of the molecule is CN(Cc1ccccn1)C(=O)c1ccc2onc(-c3coc(-c4ccc(F)cc4)n3)c2c1.O=C(O)C(F)(F)F. The average molecular weight is 542 g/mol. The number of carboxylic acid groups (broad SMARTS) is 1. The van der Waals surface area contributed by atoms with Gasteiger partial charge in [0, 0.05) is 24.4 Å². The van der Waals surface area contributed by atoms with E-state index in [2.05, 4.69) is 15.1 Å². The largest absolute Gasteiger partial charge is 0.490 e. The predicted molar refractivity (Wildman–Crippen MR) is 129 cm³/mol. The van der Waals surface area contributed by atoms with Gasteiger partial charge in [-0.25, -0.2) is 14.2 Å². The molecule has 0 radical (unpaired) electrons. The molecule has 0 atom stereocenters. The fourth-order valence-corrected chi connectivity index (χ4v) is 3.39. The van der Waals surface area contributed by atoms with E-state index in [4.69, 9.17) is 18.8 Å². The van der Waals surface area contributed by atoms with Crippen molar-refractivity contribution in [3.63, 3.8) is 0 Å². The zero-order chi connectivity index (χ0) is 28.2. The van der Waals surface area contributed by atoms with E-state index in [0.717, 1.165) is 5.69 Å². The third-order valence-corrected chi connectivity index (χ3v) is 5.27. The molecule has 13 heteroatoms. The number of alkyl halides is 3. The molecule has 0 aliphatic heterocycles. The Morgan fingerprint density at radius 1 is 1.05 bits per heavy atom. The van der Waals surface area contributed by atoms with Crippen LogP contribution in [-0.2, 0) is 11.3 Å². The molecule has 200 valence electrons. The second-order valence-electron chi connectivity index (χ2n) is 8.07. The average Bonchev–Trinajstić information content (AvgIpc) is 3.56. The summed E-state index contributed by atoms with van der Waals surface area (Å²) >= 11 is 0. The van der Waals surface area contributed by atoms with Crippen LogP contribution in [0.4, 0.5) is 17.6 Å². The van der Waals surface area contributed by atoms with Crippen LogP contribution in [0.25, 0.3) is 33.8 Å². The van der Waals surface area contributed by atoms with Crippen LogP contribution in [0, 0.1) is 5.82 Å². The third-order valence-electron chi connectivity index (χ3n) is 5.27. The van der Waals surface area contributed by atoms with Gasteiger partial charge in [-0.15, -0.1) is 0 Å². The van der Waals surface area contributed by atoms with E-state index >= 15 is 0 Å². The quantitative estimate of drug-likeness (QED) is 0.285. The zero-order valence-electron chi connectivity index (χ0n) is 20.0. The van der Waals surface area contributed by atoms with Crippen molar-refractivity contribution >= 4 is 22.8 Å².